The van der Waals surface area contributed by atoms with E-state index in [1.165, 1.54) is 12.1 Å². The van der Waals surface area contributed by atoms with Gasteiger partial charge < -0.3 is 9.64 Å². The minimum Gasteiger partial charge on any atom is -0.444 e. The molecule has 1 heterocycles. The first-order chi connectivity index (χ1) is 15.1. The molecule has 1 spiro atoms. The van der Waals surface area contributed by atoms with E-state index in [9.17, 15) is 9.18 Å². The second kappa shape index (κ2) is 8.49. The van der Waals surface area contributed by atoms with Crippen molar-refractivity contribution in [2.24, 2.45) is 11.3 Å². The summed E-state index contributed by atoms with van der Waals surface area (Å²) in [6.07, 6.45) is 4.04. The van der Waals surface area contributed by atoms with Gasteiger partial charge in [-0.25, -0.2) is 13.6 Å². The highest BCUT2D eigenvalue weighted by Gasteiger charge is 2.60. The smallest absolute Gasteiger partial charge is 0.410 e. The van der Waals surface area contributed by atoms with Gasteiger partial charge in [0, 0.05) is 18.2 Å². The molecule has 1 aliphatic heterocycles. The molecule has 1 saturated heterocycles. The average Bonchev–Trinajstić information content (AvgIpc) is 3.44. The van der Waals surface area contributed by atoms with Gasteiger partial charge in [0.2, 0.25) is 0 Å². The van der Waals surface area contributed by atoms with Gasteiger partial charge in [-0.1, -0.05) is 43.7 Å². The van der Waals surface area contributed by atoms with Crippen LogP contribution in [0, 0.1) is 23.0 Å². The Morgan fingerprint density at radius 1 is 1.16 bits per heavy atom. The first-order valence-electron chi connectivity index (χ1n) is 11.7. The van der Waals surface area contributed by atoms with Crippen molar-refractivity contribution in [3.8, 4) is 11.1 Å². The largest absolute Gasteiger partial charge is 0.444 e. The highest BCUT2D eigenvalue weighted by molar-refractivity contribution is 5.70. The van der Waals surface area contributed by atoms with Gasteiger partial charge in [-0.3, -0.25) is 0 Å². The molecular formula is C27H33F2NO2. The molecule has 172 valence electrons. The number of benzene rings is 2. The summed E-state index contributed by atoms with van der Waals surface area (Å²) >= 11 is 0. The number of hydrogen-bond donors (Lipinski definition) is 0. The van der Waals surface area contributed by atoms with Crippen LogP contribution in [0.1, 0.15) is 58.9 Å². The number of ether oxygens (including phenoxy) is 1. The van der Waals surface area contributed by atoms with Crippen LogP contribution in [-0.4, -0.2) is 29.2 Å². The maximum absolute atomic E-state index is 15.6. The van der Waals surface area contributed by atoms with Crippen LogP contribution in [0.3, 0.4) is 0 Å². The number of hydrogen-bond acceptors (Lipinski definition) is 2. The summed E-state index contributed by atoms with van der Waals surface area (Å²) in [7, 11) is 0. The van der Waals surface area contributed by atoms with Crippen LogP contribution in [0.25, 0.3) is 11.1 Å². The van der Waals surface area contributed by atoms with Crippen LogP contribution in [0.4, 0.5) is 13.6 Å². The number of rotatable bonds is 5. The highest BCUT2D eigenvalue weighted by atomic mass is 19.1. The Bertz CT molecular complexity index is 979. The first-order valence-corrected chi connectivity index (χ1v) is 11.7. The minimum absolute atomic E-state index is 0.101. The molecule has 1 amide bonds. The van der Waals surface area contributed by atoms with Gasteiger partial charge in [0.15, 0.2) is 0 Å². The number of carbonyl (C=O) groups is 1. The van der Waals surface area contributed by atoms with E-state index in [2.05, 4.69) is 6.92 Å². The number of likely N-dealkylation sites (tertiary alicyclic amines) is 1. The minimum atomic E-state index is -0.605. The lowest BCUT2D eigenvalue weighted by molar-refractivity contribution is 0.0203. The predicted molar refractivity (Wildman–Crippen MR) is 122 cm³/mol. The third kappa shape index (κ3) is 4.53. The van der Waals surface area contributed by atoms with E-state index in [0.717, 1.165) is 25.7 Å². The fourth-order valence-corrected chi connectivity index (χ4v) is 5.32. The molecule has 2 aliphatic rings. The molecule has 0 bridgehead atoms. The van der Waals surface area contributed by atoms with E-state index in [0.29, 0.717) is 17.7 Å². The maximum Gasteiger partial charge on any atom is 0.410 e. The fourth-order valence-electron chi connectivity index (χ4n) is 5.32. The molecule has 1 unspecified atom stereocenters. The number of carbonyl (C=O) groups excluding carboxylic acids is 1. The second-order valence-electron chi connectivity index (χ2n) is 10.4. The van der Waals surface area contributed by atoms with Crippen molar-refractivity contribution in [1.29, 1.82) is 0 Å². The van der Waals surface area contributed by atoms with E-state index in [1.807, 2.05) is 39.0 Å². The third-order valence-electron chi connectivity index (χ3n) is 6.88. The van der Waals surface area contributed by atoms with Gasteiger partial charge in [0.05, 0.1) is 0 Å². The maximum atomic E-state index is 15.6. The van der Waals surface area contributed by atoms with Crippen molar-refractivity contribution in [1.82, 2.24) is 4.90 Å². The third-order valence-corrected chi connectivity index (χ3v) is 6.88. The summed E-state index contributed by atoms with van der Waals surface area (Å²) < 4.78 is 35.9. The van der Waals surface area contributed by atoms with Crippen LogP contribution in [0.5, 0.6) is 0 Å². The highest BCUT2D eigenvalue weighted by Crippen LogP contribution is 2.60. The summed E-state index contributed by atoms with van der Waals surface area (Å²) in [5, 5.41) is 0. The SMILES string of the molecule is CCC[C@@H]1C(Cc2cc(F)cc(-c3ccccc3)c2F)N(C(=O)OC(C)(C)C)CC12CC2. The quantitative estimate of drug-likeness (QED) is 0.500. The Morgan fingerprint density at radius 3 is 2.44 bits per heavy atom. The Morgan fingerprint density at radius 2 is 1.84 bits per heavy atom. The molecule has 2 aromatic carbocycles. The van der Waals surface area contributed by atoms with Crippen molar-refractivity contribution < 1.29 is 18.3 Å². The van der Waals surface area contributed by atoms with Crippen molar-refractivity contribution in [3.63, 3.8) is 0 Å². The van der Waals surface area contributed by atoms with Gasteiger partial charge in [0.25, 0.3) is 0 Å². The zero-order valence-electron chi connectivity index (χ0n) is 19.5. The molecule has 32 heavy (non-hydrogen) atoms. The number of nitrogens with zero attached hydrogens (tertiary/aromatic N) is 1. The standard InChI is InChI=1S/C27H33F2NO2/c1-5-9-22-23(30(17-27(22)12-13-27)25(31)32-26(2,3)4)15-19-14-20(28)16-21(24(19)29)18-10-7-6-8-11-18/h6-8,10-11,14,16,22-23H,5,9,12-13,15,17H2,1-4H3/t22-,23?/m1/s1. The van der Waals surface area contributed by atoms with Crippen molar-refractivity contribution in [2.45, 2.75) is 71.4 Å². The zero-order valence-corrected chi connectivity index (χ0v) is 19.5. The first kappa shape index (κ1) is 22.8. The summed E-state index contributed by atoms with van der Waals surface area (Å²) in [5.41, 5.74) is 0.719. The number of halogens is 2. The molecular weight excluding hydrogens is 408 g/mol. The lowest BCUT2D eigenvalue weighted by atomic mass is 9.81. The van der Waals surface area contributed by atoms with Crippen molar-refractivity contribution in [3.05, 3.63) is 59.7 Å². The van der Waals surface area contributed by atoms with Gasteiger partial charge in [0.1, 0.15) is 17.2 Å². The molecule has 2 atom stereocenters. The van der Waals surface area contributed by atoms with Crippen LogP contribution in [0.2, 0.25) is 0 Å². The van der Waals surface area contributed by atoms with Gasteiger partial charge in [-0.2, -0.15) is 0 Å². The molecule has 5 heteroatoms. The molecule has 0 radical (unpaired) electrons. The van der Waals surface area contributed by atoms with E-state index in [1.54, 1.807) is 17.0 Å². The van der Waals surface area contributed by atoms with Crippen LogP contribution in [0.15, 0.2) is 42.5 Å². The monoisotopic (exact) mass is 441 g/mol. The topological polar surface area (TPSA) is 29.5 Å². The normalized spacial score (nSPS) is 21.8. The van der Waals surface area contributed by atoms with Crippen molar-refractivity contribution in [2.75, 3.05) is 6.54 Å². The Labute approximate surface area is 189 Å². The Balaban J connectivity index is 1.70. The van der Waals surface area contributed by atoms with E-state index < -0.39 is 17.2 Å². The van der Waals surface area contributed by atoms with E-state index in [-0.39, 0.29) is 35.5 Å². The number of amides is 1. The van der Waals surface area contributed by atoms with Crippen LogP contribution in [-0.2, 0) is 11.2 Å². The van der Waals surface area contributed by atoms with Crippen LogP contribution >= 0.6 is 0 Å². The average molecular weight is 442 g/mol. The lowest BCUT2D eigenvalue weighted by Gasteiger charge is -2.31. The predicted octanol–water partition coefficient (Wildman–Crippen LogP) is 6.99. The zero-order chi connectivity index (χ0) is 23.1. The molecule has 0 N–H and O–H groups in total. The fraction of sp³-hybridized carbons (Fsp3) is 0.519. The van der Waals surface area contributed by atoms with Gasteiger partial charge in [-0.15, -0.1) is 0 Å². The molecule has 1 aliphatic carbocycles. The summed E-state index contributed by atoms with van der Waals surface area (Å²) in [4.78, 5) is 14.9. The lowest BCUT2D eigenvalue weighted by Crippen LogP contribution is -2.42. The van der Waals surface area contributed by atoms with Gasteiger partial charge in [-0.05, 0) is 81.0 Å². The summed E-state index contributed by atoms with van der Waals surface area (Å²) in [5.74, 6) is -0.605. The second-order valence-corrected chi connectivity index (χ2v) is 10.4. The van der Waals surface area contributed by atoms with Gasteiger partial charge >= 0.3 is 6.09 Å². The molecule has 0 aromatic heterocycles. The van der Waals surface area contributed by atoms with Crippen LogP contribution < -0.4 is 0 Å². The summed E-state index contributed by atoms with van der Waals surface area (Å²) in [6.45, 7) is 8.33. The summed E-state index contributed by atoms with van der Waals surface area (Å²) in [6, 6.07) is 11.4. The Hall–Kier alpha value is -2.43. The molecule has 2 fully saturated rings. The van der Waals surface area contributed by atoms with E-state index in [4.69, 9.17) is 4.74 Å². The Kier molecular flexibility index (Phi) is 6.04. The molecule has 2 aromatic rings. The molecule has 3 nitrogen and oxygen atoms in total. The van der Waals surface area contributed by atoms with E-state index >= 15 is 4.39 Å². The van der Waals surface area contributed by atoms with Crippen molar-refractivity contribution >= 4 is 6.09 Å². The molecule has 4 rings (SSSR count). The molecule has 1 saturated carbocycles.